The van der Waals surface area contributed by atoms with E-state index in [4.69, 9.17) is 12.2 Å². The average molecular weight is 253 g/mol. The molecule has 0 bridgehead atoms. The van der Waals surface area contributed by atoms with Crippen molar-refractivity contribution in [3.63, 3.8) is 0 Å². The lowest BCUT2D eigenvalue weighted by Crippen LogP contribution is -2.55. The van der Waals surface area contributed by atoms with Crippen molar-refractivity contribution in [1.82, 2.24) is 9.80 Å². The van der Waals surface area contributed by atoms with Crippen LogP contribution < -0.4 is 5.73 Å². The standard InChI is InChI=1S/C13H23N3O2/c1-4-5-11(14)12(17)16-8-6-15(7-9-16)10-13(2,3)18/h1,11,18H,5-10,14H2,2-3H3. The summed E-state index contributed by atoms with van der Waals surface area (Å²) < 4.78 is 0. The number of nitrogens with two attached hydrogens (primary N) is 1. The maximum atomic E-state index is 11.9. The number of amides is 1. The molecule has 5 nitrogen and oxygen atoms in total. The minimum Gasteiger partial charge on any atom is -0.389 e. The molecule has 0 radical (unpaired) electrons. The first-order valence-corrected chi connectivity index (χ1v) is 6.26. The van der Waals surface area contributed by atoms with Crippen molar-refractivity contribution in [2.45, 2.75) is 31.9 Å². The largest absolute Gasteiger partial charge is 0.389 e. The molecule has 18 heavy (non-hydrogen) atoms. The molecule has 0 aromatic carbocycles. The third-order valence-corrected chi connectivity index (χ3v) is 2.95. The fourth-order valence-corrected chi connectivity index (χ4v) is 2.12. The number of terminal acetylenes is 1. The number of piperazine rings is 1. The summed E-state index contributed by atoms with van der Waals surface area (Å²) >= 11 is 0. The zero-order valence-electron chi connectivity index (χ0n) is 11.2. The quantitative estimate of drug-likeness (QED) is 0.647. The molecule has 1 fully saturated rings. The zero-order chi connectivity index (χ0) is 13.8. The minimum atomic E-state index is -0.702. The van der Waals surface area contributed by atoms with Gasteiger partial charge in [0.15, 0.2) is 0 Å². The SMILES string of the molecule is C#CCC(N)C(=O)N1CCN(CC(C)(C)O)CC1. The number of hydrogen-bond acceptors (Lipinski definition) is 4. The van der Waals surface area contributed by atoms with Gasteiger partial charge in [-0.05, 0) is 13.8 Å². The van der Waals surface area contributed by atoms with Gasteiger partial charge in [0.2, 0.25) is 5.91 Å². The van der Waals surface area contributed by atoms with Gasteiger partial charge in [-0.1, -0.05) is 0 Å². The maximum absolute atomic E-state index is 11.9. The highest BCUT2D eigenvalue weighted by Crippen LogP contribution is 2.09. The van der Waals surface area contributed by atoms with Crippen molar-refractivity contribution in [1.29, 1.82) is 0 Å². The Morgan fingerprint density at radius 3 is 2.44 bits per heavy atom. The third kappa shape index (κ3) is 4.65. The van der Waals surface area contributed by atoms with Gasteiger partial charge in [0.05, 0.1) is 11.6 Å². The van der Waals surface area contributed by atoms with E-state index in [9.17, 15) is 9.90 Å². The van der Waals surface area contributed by atoms with Crippen LogP contribution >= 0.6 is 0 Å². The molecule has 102 valence electrons. The molecule has 1 amide bonds. The summed E-state index contributed by atoms with van der Waals surface area (Å²) in [4.78, 5) is 15.8. The molecule has 1 unspecified atom stereocenters. The Morgan fingerprint density at radius 1 is 1.44 bits per heavy atom. The number of β-amino-alcohol motifs (C(OH)–C–C–N with tert-alkyl or cyclic N) is 1. The Kier molecular flexibility index (Phi) is 5.15. The van der Waals surface area contributed by atoms with Crippen LogP contribution in [-0.2, 0) is 4.79 Å². The van der Waals surface area contributed by atoms with Crippen molar-refractivity contribution in [2.24, 2.45) is 5.73 Å². The van der Waals surface area contributed by atoms with Gasteiger partial charge in [0.25, 0.3) is 0 Å². The number of nitrogens with zero attached hydrogens (tertiary/aromatic N) is 2. The number of aliphatic hydroxyl groups is 1. The molecular formula is C13H23N3O2. The van der Waals surface area contributed by atoms with E-state index in [-0.39, 0.29) is 12.3 Å². The normalized spacial score (nSPS) is 19.4. The number of carbonyl (C=O) groups is 1. The van der Waals surface area contributed by atoms with Gasteiger partial charge in [-0.25, -0.2) is 0 Å². The first-order valence-electron chi connectivity index (χ1n) is 6.26. The number of rotatable bonds is 4. The van der Waals surface area contributed by atoms with Crippen LogP contribution in [0.15, 0.2) is 0 Å². The smallest absolute Gasteiger partial charge is 0.240 e. The summed E-state index contributed by atoms with van der Waals surface area (Å²) in [6.07, 6.45) is 5.43. The lowest BCUT2D eigenvalue weighted by molar-refractivity contribution is -0.134. The zero-order valence-corrected chi connectivity index (χ0v) is 11.2. The van der Waals surface area contributed by atoms with Crippen LogP contribution in [0.1, 0.15) is 20.3 Å². The topological polar surface area (TPSA) is 69.8 Å². The predicted molar refractivity (Wildman–Crippen MR) is 70.7 cm³/mol. The minimum absolute atomic E-state index is 0.0733. The van der Waals surface area contributed by atoms with E-state index in [0.717, 1.165) is 13.1 Å². The Morgan fingerprint density at radius 2 is 2.00 bits per heavy atom. The summed E-state index contributed by atoms with van der Waals surface area (Å²) in [7, 11) is 0. The highest BCUT2D eigenvalue weighted by Gasteiger charge is 2.27. The van der Waals surface area contributed by atoms with Crippen LogP contribution in [0.5, 0.6) is 0 Å². The third-order valence-electron chi connectivity index (χ3n) is 2.95. The Balaban J connectivity index is 2.40. The maximum Gasteiger partial charge on any atom is 0.240 e. The molecule has 0 aliphatic carbocycles. The van der Waals surface area contributed by atoms with Crippen LogP contribution in [0, 0.1) is 12.3 Å². The van der Waals surface area contributed by atoms with Gasteiger partial charge in [0.1, 0.15) is 0 Å². The second kappa shape index (κ2) is 6.19. The van der Waals surface area contributed by atoms with E-state index in [2.05, 4.69) is 10.8 Å². The Labute approximate surface area is 109 Å². The summed E-state index contributed by atoms with van der Waals surface area (Å²) in [6.45, 7) is 7.00. The Hall–Kier alpha value is -1.09. The van der Waals surface area contributed by atoms with Gasteiger partial charge in [-0.15, -0.1) is 12.3 Å². The van der Waals surface area contributed by atoms with Crippen molar-refractivity contribution < 1.29 is 9.90 Å². The van der Waals surface area contributed by atoms with Crippen molar-refractivity contribution in [2.75, 3.05) is 32.7 Å². The summed E-state index contributed by atoms with van der Waals surface area (Å²) in [5.74, 6) is 2.34. The molecule has 0 saturated carbocycles. The van der Waals surface area contributed by atoms with Gasteiger partial charge in [-0.3, -0.25) is 9.69 Å². The molecule has 1 atom stereocenters. The molecule has 1 heterocycles. The average Bonchev–Trinajstić information content (AvgIpc) is 2.27. The van der Waals surface area contributed by atoms with E-state index in [1.807, 2.05) is 0 Å². The van der Waals surface area contributed by atoms with E-state index >= 15 is 0 Å². The van der Waals surface area contributed by atoms with Crippen LogP contribution in [0.25, 0.3) is 0 Å². The molecular weight excluding hydrogens is 230 g/mol. The van der Waals surface area contributed by atoms with Crippen molar-refractivity contribution in [3.05, 3.63) is 0 Å². The monoisotopic (exact) mass is 253 g/mol. The first kappa shape index (κ1) is 15.0. The van der Waals surface area contributed by atoms with Crippen LogP contribution in [-0.4, -0.2) is 65.2 Å². The van der Waals surface area contributed by atoms with Gasteiger partial charge in [0, 0.05) is 39.1 Å². The van der Waals surface area contributed by atoms with Gasteiger partial charge in [-0.2, -0.15) is 0 Å². The second-order valence-electron chi connectivity index (χ2n) is 5.43. The van der Waals surface area contributed by atoms with Gasteiger partial charge >= 0.3 is 0 Å². The van der Waals surface area contributed by atoms with Crippen LogP contribution in [0.4, 0.5) is 0 Å². The first-order chi connectivity index (χ1) is 8.33. The lowest BCUT2D eigenvalue weighted by Gasteiger charge is -2.38. The molecule has 0 spiro atoms. The molecule has 5 heteroatoms. The summed E-state index contributed by atoms with van der Waals surface area (Å²) in [5.41, 5.74) is 5.01. The van der Waals surface area contributed by atoms with Crippen LogP contribution in [0.2, 0.25) is 0 Å². The summed E-state index contributed by atoms with van der Waals surface area (Å²) in [6, 6.07) is -0.587. The van der Waals surface area contributed by atoms with Crippen molar-refractivity contribution in [3.8, 4) is 12.3 Å². The van der Waals surface area contributed by atoms with Gasteiger partial charge < -0.3 is 15.7 Å². The molecule has 1 aliphatic rings. The van der Waals surface area contributed by atoms with Crippen molar-refractivity contribution >= 4 is 5.91 Å². The van der Waals surface area contributed by atoms with E-state index in [1.54, 1.807) is 18.7 Å². The molecule has 1 saturated heterocycles. The molecule has 3 N–H and O–H groups in total. The fraction of sp³-hybridized carbons (Fsp3) is 0.769. The molecule has 0 aromatic heterocycles. The second-order valence-corrected chi connectivity index (χ2v) is 5.43. The molecule has 0 aromatic rings. The van der Waals surface area contributed by atoms with E-state index < -0.39 is 11.6 Å². The van der Waals surface area contributed by atoms with E-state index in [0.29, 0.717) is 19.6 Å². The predicted octanol–water partition coefficient (Wildman–Crippen LogP) is -0.748. The molecule has 1 aliphatic heterocycles. The van der Waals surface area contributed by atoms with E-state index in [1.165, 1.54) is 0 Å². The number of hydrogen-bond donors (Lipinski definition) is 2. The highest BCUT2D eigenvalue weighted by atomic mass is 16.3. The Bertz CT molecular complexity index is 322. The summed E-state index contributed by atoms with van der Waals surface area (Å²) in [5, 5.41) is 9.74. The highest BCUT2D eigenvalue weighted by molar-refractivity contribution is 5.82. The molecule has 1 rings (SSSR count). The number of carbonyl (C=O) groups excluding carboxylic acids is 1. The van der Waals surface area contributed by atoms with Crippen LogP contribution in [0.3, 0.4) is 0 Å². The lowest BCUT2D eigenvalue weighted by atomic mass is 10.1. The fourth-order valence-electron chi connectivity index (χ4n) is 2.12.